The van der Waals surface area contributed by atoms with Crippen LogP contribution in [-0.4, -0.2) is 25.1 Å². The summed E-state index contributed by atoms with van der Waals surface area (Å²) in [6.45, 7) is 6.60. The van der Waals surface area contributed by atoms with Crippen molar-refractivity contribution in [2.75, 3.05) is 13.2 Å². The van der Waals surface area contributed by atoms with Gasteiger partial charge in [0.25, 0.3) is 0 Å². The van der Waals surface area contributed by atoms with Crippen molar-refractivity contribution in [3.05, 3.63) is 35.9 Å². The largest absolute Gasteiger partial charge is 0.374 e. The molecule has 0 radical (unpaired) electrons. The monoisotopic (exact) mass is 276 g/mol. The average Bonchev–Trinajstić information content (AvgIpc) is 2.92. The van der Waals surface area contributed by atoms with Crippen molar-refractivity contribution >= 4 is 0 Å². The summed E-state index contributed by atoms with van der Waals surface area (Å²) in [5.41, 5.74) is 1.24. The Morgan fingerprint density at radius 1 is 1.15 bits per heavy atom. The van der Waals surface area contributed by atoms with Crippen LogP contribution in [0.1, 0.15) is 38.7 Å². The molecule has 1 aromatic rings. The van der Waals surface area contributed by atoms with Crippen LogP contribution in [0.2, 0.25) is 0 Å². The van der Waals surface area contributed by atoms with E-state index in [0.29, 0.717) is 12.7 Å². The van der Waals surface area contributed by atoms with Gasteiger partial charge < -0.3 is 14.2 Å². The molecule has 20 heavy (non-hydrogen) atoms. The molecule has 1 aliphatic carbocycles. The fourth-order valence-corrected chi connectivity index (χ4v) is 3.44. The van der Waals surface area contributed by atoms with Crippen LogP contribution in [0.25, 0.3) is 0 Å². The molecule has 1 aromatic carbocycles. The maximum atomic E-state index is 6.10. The highest BCUT2D eigenvalue weighted by atomic mass is 16.7. The molecule has 1 spiro atoms. The van der Waals surface area contributed by atoms with Crippen molar-refractivity contribution in [2.24, 2.45) is 5.41 Å². The molecule has 1 atom stereocenters. The van der Waals surface area contributed by atoms with E-state index >= 15 is 0 Å². The summed E-state index contributed by atoms with van der Waals surface area (Å²) in [5, 5.41) is 0. The molecule has 1 saturated heterocycles. The van der Waals surface area contributed by atoms with Gasteiger partial charge in [-0.3, -0.25) is 0 Å². The smallest absolute Gasteiger partial charge is 0.173 e. The molecule has 1 aliphatic heterocycles. The van der Waals surface area contributed by atoms with Gasteiger partial charge in [-0.05, 0) is 18.4 Å². The normalized spacial score (nSPS) is 27.8. The van der Waals surface area contributed by atoms with E-state index in [1.807, 2.05) is 6.07 Å². The molecule has 0 amide bonds. The fraction of sp³-hybridized carbons (Fsp3) is 0.647. The lowest BCUT2D eigenvalue weighted by Gasteiger charge is -2.48. The highest BCUT2D eigenvalue weighted by molar-refractivity contribution is 5.13. The second-order valence-corrected chi connectivity index (χ2v) is 6.50. The molecule has 2 fully saturated rings. The molecular formula is C17H24O3. The van der Waals surface area contributed by atoms with Crippen LogP contribution in [0.5, 0.6) is 0 Å². The second-order valence-electron chi connectivity index (χ2n) is 6.50. The van der Waals surface area contributed by atoms with Crippen molar-refractivity contribution in [1.82, 2.24) is 0 Å². The molecule has 110 valence electrons. The summed E-state index contributed by atoms with van der Waals surface area (Å²) in [7, 11) is 0. The van der Waals surface area contributed by atoms with Gasteiger partial charge in [-0.2, -0.15) is 0 Å². The van der Waals surface area contributed by atoms with Crippen LogP contribution < -0.4 is 0 Å². The molecule has 0 aromatic heterocycles. The zero-order chi connectivity index (χ0) is 14.1. The van der Waals surface area contributed by atoms with Crippen LogP contribution in [-0.2, 0) is 20.8 Å². The van der Waals surface area contributed by atoms with E-state index < -0.39 is 0 Å². The maximum absolute atomic E-state index is 6.10. The zero-order valence-corrected chi connectivity index (χ0v) is 12.4. The van der Waals surface area contributed by atoms with E-state index in [1.54, 1.807) is 0 Å². The Morgan fingerprint density at radius 2 is 1.85 bits per heavy atom. The first-order valence-corrected chi connectivity index (χ1v) is 7.55. The summed E-state index contributed by atoms with van der Waals surface area (Å²) in [5.74, 6) is -0.375. The van der Waals surface area contributed by atoms with Gasteiger partial charge in [0, 0.05) is 11.8 Å². The third-order valence-electron chi connectivity index (χ3n) is 4.65. The minimum atomic E-state index is -0.375. The van der Waals surface area contributed by atoms with E-state index in [9.17, 15) is 0 Å². The van der Waals surface area contributed by atoms with E-state index in [-0.39, 0.29) is 11.2 Å². The second kappa shape index (κ2) is 5.47. The molecule has 0 bridgehead atoms. The molecule has 1 unspecified atom stereocenters. The third kappa shape index (κ3) is 2.62. The lowest BCUT2D eigenvalue weighted by atomic mass is 9.71. The first-order valence-electron chi connectivity index (χ1n) is 7.55. The summed E-state index contributed by atoms with van der Waals surface area (Å²) in [6.07, 6.45) is 3.22. The number of benzene rings is 1. The van der Waals surface area contributed by atoms with Gasteiger partial charge in [0.15, 0.2) is 5.79 Å². The van der Waals surface area contributed by atoms with Gasteiger partial charge in [-0.25, -0.2) is 0 Å². The number of ether oxygens (including phenoxy) is 3. The SMILES string of the molecule is CC1(C)CC(OCc2ccccc2)CCC12OCCO2. The molecule has 3 heteroatoms. The quantitative estimate of drug-likeness (QED) is 0.845. The van der Waals surface area contributed by atoms with Crippen molar-refractivity contribution in [2.45, 2.75) is 51.6 Å². The van der Waals surface area contributed by atoms with Crippen molar-refractivity contribution < 1.29 is 14.2 Å². The zero-order valence-electron chi connectivity index (χ0n) is 12.4. The average molecular weight is 276 g/mol. The molecule has 0 N–H and O–H groups in total. The predicted octanol–water partition coefficient (Wildman–Crippen LogP) is 3.53. The van der Waals surface area contributed by atoms with E-state index in [4.69, 9.17) is 14.2 Å². The van der Waals surface area contributed by atoms with Crippen molar-refractivity contribution in [3.8, 4) is 0 Å². The summed E-state index contributed by atoms with van der Waals surface area (Å²) >= 11 is 0. The standard InChI is InChI=1S/C17H24O3/c1-16(2)12-15(8-9-17(16)19-10-11-20-17)18-13-14-6-4-3-5-7-14/h3-7,15H,8-13H2,1-2H3. The topological polar surface area (TPSA) is 27.7 Å². The van der Waals surface area contributed by atoms with E-state index in [2.05, 4.69) is 38.1 Å². The van der Waals surface area contributed by atoms with Gasteiger partial charge in [-0.15, -0.1) is 0 Å². The van der Waals surface area contributed by atoms with Gasteiger partial charge in [0.05, 0.1) is 25.9 Å². The Kier molecular flexibility index (Phi) is 3.85. The Balaban J connectivity index is 1.58. The van der Waals surface area contributed by atoms with Crippen LogP contribution in [0.3, 0.4) is 0 Å². The molecule has 3 nitrogen and oxygen atoms in total. The molecule has 1 saturated carbocycles. The van der Waals surface area contributed by atoms with E-state index in [0.717, 1.165) is 32.5 Å². The van der Waals surface area contributed by atoms with E-state index in [1.165, 1.54) is 5.56 Å². The molecular weight excluding hydrogens is 252 g/mol. The number of hydrogen-bond donors (Lipinski definition) is 0. The van der Waals surface area contributed by atoms with Crippen LogP contribution in [0.15, 0.2) is 30.3 Å². The summed E-state index contributed by atoms with van der Waals surface area (Å²) < 4.78 is 18.0. The van der Waals surface area contributed by atoms with Crippen molar-refractivity contribution in [3.63, 3.8) is 0 Å². The summed E-state index contributed by atoms with van der Waals surface area (Å²) in [4.78, 5) is 0. The van der Waals surface area contributed by atoms with Crippen LogP contribution in [0.4, 0.5) is 0 Å². The van der Waals surface area contributed by atoms with Crippen LogP contribution >= 0.6 is 0 Å². The van der Waals surface area contributed by atoms with Crippen molar-refractivity contribution in [1.29, 1.82) is 0 Å². The first-order chi connectivity index (χ1) is 9.61. The Labute approximate surface area is 121 Å². The fourth-order valence-electron chi connectivity index (χ4n) is 3.44. The third-order valence-corrected chi connectivity index (χ3v) is 4.65. The minimum Gasteiger partial charge on any atom is -0.374 e. The Morgan fingerprint density at radius 3 is 2.50 bits per heavy atom. The highest BCUT2D eigenvalue weighted by Gasteiger charge is 2.53. The minimum absolute atomic E-state index is 0.00308. The van der Waals surface area contributed by atoms with Gasteiger partial charge in [0.1, 0.15) is 0 Å². The first kappa shape index (κ1) is 14.1. The highest BCUT2D eigenvalue weighted by Crippen LogP contribution is 2.49. The summed E-state index contributed by atoms with van der Waals surface area (Å²) in [6, 6.07) is 10.4. The lowest BCUT2D eigenvalue weighted by molar-refractivity contribution is -0.260. The Bertz CT molecular complexity index is 435. The number of rotatable bonds is 3. The van der Waals surface area contributed by atoms with Gasteiger partial charge >= 0.3 is 0 Å². The maximum Gasteiger partial charge on any atom is 0.173 e. The van der Waals surface area contributed by atoms with Gasteiger partial charge in [-0.1, -0.05) is 44.2 Å². The number of hydrogen-bond acceptors (Lipinski definition) is 3. The molecule has 3 rings (SSSR count). The molecule has 2 aliphatic rings. The van der Waals surface area contributed by atoms with Crippen LogP contribution in [0, 0.1) is 5.41 Å². The Hall–Kier alpha value is -0.900. The predicted molar refractivity (Wildman–Crippen MR) is 77.3 cm³/mol. The lowest BCUT2D eigenvalue weighted by Crippen LogP contribution is -2.51. The van der Waals surface area contributed by atoms with Gasteiger partial charge in [0.2, 0.25) is 0 Å². The molecule has 1 heterocycles.